The molecule has 23 heavy (non-hydrogen) atoms. The topological polar surface area (TPSA) is 58.4 Å². The molecule has 1 amide bonds. The van der Waals surface area contributed by atoms with Crippen LogP contribution in [0.2, 0.25) is 5.02 Å². The van der Waals surface area contributed by atoms with Gasteiger partial charge in [0.15, 0.2) is 0 Å². The van der Waals surface area contributed by atoms with E-state index in [9.17, 15) is 9.90 Å². The Hall–Kier alpha value is -1.85. The summed E-state index contributed by atoms with van der Waals surface area (Å²) in [5, 5.41) is 14.5. The third-order valence-electron chi connectivity index (χ3n) is 4.17. The number of benzene rings is 1. The molecule has 1 aromatic carbocycles. The molecule has 1 aromatic heterocycles. The van der Waals surface area contributed by atoms with E-state index in [0.29, 0.717) is 17.0 Å². The van der Waals surface area contributed by atoms with Crippen LogP contribution in [0, 0.1) is 0 Å². The summed E-state index contributed by atoms with van der Waals surface area (Å²) >= 11 is 5.89. The van der Waals surface area contributed by atoms with Crippen molar-refractivity contribution in [1.82, 2.24) is 14.7 Å². The molecular weight excluding hydrogens is 314 g/mol. The number of aromatic nitrogens is 2. The van der Waals surface area contributed by atoms with Gasteiger partial charge in [-0.2, -0.15) is 5.10 Å². The van der Waals surface area contributed by atoms with Crippen LogP contribution in [0.5, 0.6) is 0 Å². The highest BCUT2D eigenvalue weighted by molar-refractivity contribution is 6.30. The minimum atomic E-state index is -0.398. The predicted molar refractivity (Wildman–Crippen MR) is 88.9 cm³/mol. The quantitative estimate of drug-likeness (QED) is 0.936. The lowest BCUT2D eigenvalue weighted by Crippen LogP contribution is -2.37. The molecule has 1 fully saturated rings. The van der Waals surface area contributed by atoms with E-state index in [1.165, 1.54) is 0 Å². The molecule has 6 heteroatoms. The Morgan fingerprint density at radius 2 is 2.17 bits per heavy atom. The third kappa shape index (κ3) is 3.57. The Kier molecular flexibility index (Phi) is 4.68. The highest BCUT2D eigenvalue weighted by Gasteiger charge is 2.30. The smallest absolute Gasteiger partial charge is 0.257 e. The summed E-state index contributed by atoms with van der Waals surface area (Å²) < 4.78 is 1.67. The number of aliphatic hydroxyl groups excluding tert-OH is 1. The molecule has 1 saturated heterocycles. The summed E-state index contributed by atoms with van der Waals surface area (Å²) in [4.78, 5) is 14.6. The number of amides is 1. The lowest BCUT2D eigenvalue weighted by atomic mass is 10.1. The van der Waals surface area contributed by atoms with Gasteiger partial charge in [-0.1, -0.05) is 11.6 Å². The van der Waals surface area contributed by atoms with E-state index in [1.807, 2.05) is 17.0 Å². The van der Waals surface area contributed by atoms with Gasteiger partial charge in [0.05, 0.1) is 23.6 Å². The van der Waals surface area contributed by atoms with Gasteiger partial charge in [0.2, 0.25) is 0 Å². The molecule has 0 bridgehead atoms. The van der Waals surface area contributed by atoms with Crippen LogP contribution in [0.4, 0.5) is 0 Å². The van der Waals surface area contributed by atoms with E-state index in [-0.39, 0.29) is 11.9 Å². The molecule has 0 aliphatic carbocycles. The number of carbonyl (C=O) groups is 1. The molecule has 3 rings (SSSR count). The number of likely N-dealkylation sites (tertiary alicyclic amines) is 1. The van der Waals surface area contributed by atoms with Crippen LogP contribution in [-0.4, -0.2) is 44.4 Å². The predicted octanol–water partition coefficient (Wildman–Crippen LogP) is 2.90. The first-order chi connectivity index (χ1) is 11.0. The first-order valence-corrected chi connectivity index (χ1v) is 8.22. The second kappa shape index (κ2) is 6.72. The molecule has 122 valence electrons. The monoisotopic (exact) mass is 333 g/mol. The van der Waals surface area contributed by atoms with Crippen molar-refractivity contribution >= 4 is 17.5 Å². The van der Waals surface area contributed by atoms with Gasteiger partial charge in [-0.3, -0.25) is 4.79 Å². The van der Waals surface area contributed by atoms with Crippen molar-refractivity contribution in [2.75, 3.05) is 6.54 Å². The lowest BCUT2D eigenvalue weighted by Gasteiger charge is -2.25. The summed E-state index contributed by atoms with van der Waals surface area (Å²) in [5.41, 5.74) is 1.42. The maximum Gasteiger partial charge on any atom is 0.257 e. The van der Waals surface area contributed by atoms with Crippen molar-refractivity contribution in [2.45, 2.75) is 38.3 Å². The average Bonchev–Trinajstić information content (AvgIpc) is 3.16. The van der Waals surface area contributed by atoms with E-state index < -0.39 is 6.10 Å². The van der Waals surface area contributed by atoms with E-state index in [1.54, 1.807) is 36.1 Å². The molecule has 2 aromatic rings. The summed E-state index contributed by atoms with van der Waals surface area (Å²) in [6.45, 7) is 2.50. The highest BCUT2D eigenvalue weighted by atomic mass is 35.5. The Labute approximate surface area is 140 Å². The van der Waals surface area contributed by atoms with Crippen LogP contribution in [0.1, 0.15) is 36.5 Å². The standard InChI is InChI=1S/C17H20ClN3O2/c1-12(22)9-16-3-2-8-20(16)17(23)13-10-19-21(11-13)15-6-4-14(18)5-7-15/h4-7,10-12,16,22H,2-3,8-9H2,1H3. The number of nitrogens with zero attached hydrogens (tertiary/aromatic N) is 3. The maximum atomic E-state index is 12.7. The van der Waals surface area contributed by atoms with Gasteiger partial charge in [0, 0.05) is 23.8 Å². The third-order valence-corrected chi connectivity index (χ3v) is 4.42. The van der Waals surface area contributed by atoms with E-state index in [4.69, 9.17) is 11.6 Å². The molecular formula is C17H20ClN3O2. The number of rotatable bonds is 4. The highest BCUT2D eigenvalue weighted by Crippen LogP contribution is 2.24. The number of aliphatic hydroxyl groups is 1. The van der Waals surface area contributed by atoms with Crippen LogP contribution in [0.3, 0.4) is 0 Å². The molecule has 1 aliphatic rings. The second-order valence-corrected chi connectivity index (χ2v) is 6.47. The molecule has 1 aliphatic heterocycles. The van der Waals surface area contributed by atoms with Crippen molar-refractivity contribution < 1.29 is 9.90 Å². The molecule has 5 nitrogen and oxygen atoms in total. The van der Waals surface area contributed by atoms with Crippen molar-refractivity contribution in [3.63, 3.8) is 0 Å². The van der Waals surface area contributed by atoms with E-state index >= 15 is 0 Å². The van der Waals surface area contributed by atoms with Crippen molar-refractivity contribution in [2.24, 2.45) is 0 Å². The zero-order valence-corrected chi connectivity index (χ0v) is 13.8. The SMILES string of the molecule is CC(O)CC1CCCN1C(=O)c1cnn(-c2ccc(Cl)cc2)c1. The Bertz CT molecular complexity index is 681. The maximum absolute atomic E-state index is 12.7. The molecule has 2 atom stereocenters. The Morgan fingerprint density at radius 3 is 2.87 bits per heavy atom. The van der Waals surface area contributed by atoms with Gasteiger partial charge in [-0.25, -0.2) is 4.68 Å². The zero-order valence-electron chi connectivity index (χ0n) is 13.0. The zero-order chi connectivity index (χ0) is 16.4. The first kappa shape index (κ1) is 16.0. The van der Waals surface area contributed by atoms with Gasteiger partial charge in [-0.05, 0) is 50.5 Å². The van der Waals surface area contributed by atoms with Crippen LogP contribution in [0.25, 0.3) is 5.69 Å². The van der Waals surface area contributed by atoms with Gasteiger partial charge < -0.3 is 10.0 Å². The fourth-order valence-corrected chi connectivity index (χ4v) is 3.20. The molecule has 2 heterocycles. The fraction of sp³-hybridized carbons (Fsp3) is 0.412. The van der Waals surface area contributed by atoms with Crippen LogP contribution in [0.15, 0.2) is 36.7 Å². The van der Waals surface area contributed by atoms with Gasteiger partial charge in [0.25, 0.3) is 5.91 Å². The number of halogens is 1. The summed E-state index contributed by atoms with van der Waals surface area (Å²) in [7, 11) is 0. The van der Waals surface area contributed by atoms with Crippen molar-refractivity contribution in [3.05, 3.63) is 47.2 Å². The summed E-state index contributed by atoms with van der Waals surface area (Å²) in [6.07, 6.45) is 5.48. The van der Waals surface area contributed by atoms with Crippen LogP contribution in [-0.2, 0) is 0 Å². The van der Waals surface area contributed by atoms with Crippen molar-refractivity contribution in [1.29, 1.82) is 0 Å². The molecule has 0 spiro atoms. The normalized spacial score (nSPS) is 19.1. The van der Waals surface area contributed by atoms with Crippen molar-refractivity contribution in [3.8, 4) is 5.69 Å². The molecule has 1 N–H and O–H groups in total. The van der Waals surface area contributed by atoms with Crippen LogP contribution >= 0.6 is 11.6 Å². The number of carbonyl (C=O) groups excluding carboxylic acids is 1. The van der Waals surface area contributed by atoms with Gasteiger partial charge >= 0.3 is 0 Å². The molecule has 2 unspecified atom stereocenters. The Balaban J connectivity index is 1.77. The van der Waals surface area contributed by atoms with E-state index in [2.05, 4.69) is 5.10 Å². The molecule has 0 radical (unpaired) electrons. The summed E-state index contributed by atoms with van der Waals surface area (Å²) in [6, 6.07) is 7.41. The largest absolute Gasteiger partial charge is 0.393 e. The first-order valence-electron chi connectivity index (χ1n) is 7.84. The summed E-state index contributed by atoms with van der Waals surface area (Å²) in [5.74, 6) is -0.0200. The minimum absolute atomic E-state index is 0.0200. The number of hydrogen-bond donors (Lipinski definition) is 1. The second-order valence-electron chi connectivity index (χ2n) is 6.03. The average molecular weight is 334 g/mol. The van der Waals surface area contributed by atoms with E-state index in [0.717, 1.165) is 25.1 Å². The lowest BCUT2D eigenvalue weighted by molar-refractivity contribution is 0.0682. The Morgan fingerprint density at radius 1 is 1.43 bits per heavy atom. The van der Waals surface area contributed by atoms with Gasteiger partial charge in [-0.15, -0.1) is 0 Å². The number of hydrogen-bond acceptors (Lipinski definition) is 3. The van der Waals surface area contributed by atoms with Gasteiger partial charge in [0.1, 0.15) is 0 Å². The minimum Gasteiger partial charge on any atom is -0.393 e. The van der Waals surface area contributed by atoms with Crippen LogP contribution < -0.4 is 0 Å². The molecule has 0 saturated carbocycles. The fourth-order valence-electron chi connectivity index (χ4n) is 3.08.